The number of hydrogen-bond acceptors (Lipinski definition) is 5. The van der Waals surface area contributed by atoms with Gasteiger partial charge in [0.15, 0.2) is 11.0 Å². The molecule has 0 aliphatic rings. The van der Waals surface area contributed by atoms with Crippen molar-refractivity contribution in [3.05, 3.63) is 74.5 Å². The average molecular weight is 532 g/mol. The zero-order chi connectivity index (χ0) is 23.3. The summed E-state index contributed by atoms with van der Waals surface area (Å²) in [6.07, 6.45) is 1.71. The summed E-state index contributed by atoms with van der Waals surface area (Å²) in [5, 5.41) is 13.0. The predicted molar refractivity (Wildman–Crippen MR) is 132 cm³/mol. The molecule has 0 radical (unpaired) electrons. The lowest BCUT2D eigenvalue weighted by molar-refractivity contribution is -0.113. The highest BCUT2D eigenvalue weighted by Gasteiger charge is 2.16. The third-order valence-electron chi connectivity index (χ3n) is 4.17. The fourth-order valence-corrected chi connectivity index (χ4v) is 4.18. The molecular formula is C21H18Cl4N4O2S. The van der Waals surface area contributed by atoms with Gasteiger partial charge in [0.05, 0.1) is 31.5 Å². The Kier molecular flexibility index (Phi) is 8.73. The molecule has 3 aromatic rings. The first-order valence-corrected chi connectivity index (χ1v) is 11.8. The number of hydrogen-bond donors (Lipinski definition) is 1. The van der Waals surface area contributed by atoms with Crippen LogP contribution in [0.15, 0.2) is 48.1 Å². The minimum absolute atomic E-state index is 0.0798. The SMILES string of the molecule is C=CCn1c(COc2cc(C)ccc2Cl)nnc1SCC(=O)Nc1cc(Cl)c(Cl)cc1Cl. The number of nitrogens with one attached hydrogen (secondary N) is 1. The molecule has 0 aliphatic carbocycles. The molecule has 32 heavy (non-hydrogen) atoms. The molecule has 1 amide bonds. The zero-order valence-corrected chi connectivity index (χ0v) is 20.7. The van der Waals surface area contributed by atoms with Gasteiger partial charge in [0.1, 0.15) is 12.4 Å². The van der Waals surface area contributed by atoms with Crippen LogP contribution in [-0.2, 0) is 17.9 Å². The maximum atomic E-state index is 12.4. The quantitative estimate of drug-likeness (QED) is 0.189. The van der Waals surface area contributed by atoms with Gasteiger partial charge in [-0.1, -0.05) is 70.3 Å². The number of ether oxygens (including phenoxy) is 1. The fraction of sp³-hybridized carbons (Fsp3) is 0.190. The number of nitrogens with zero attached hydrogens (tertiary/aromatic N) is 3. The van der Waals surface area contributed by atoms with Crippen LogP contribution in [0, 0.1) is 6.92 Å². The van der Waals surface area contributed by atoms with Crippen LogP contribution in [0.1, 0.15) is 11.4 Å². The molecule has 0 atom stereocenters. The van der Waals surface area contributed by atoms with E-state index in [2.05, 4.69) is 22.1 Å². The first-order valence-electron chi connectivity index (χ1n) is 9.27. The molecule has 1 N–H and O–H groups in total. The van der Waals surface area contributed by atoms with Gasteiger partial charge in [0.25, 0.3) is 0 Å². The molecule has 0 aliphatic heterocycles. The number of allylic oxidation sites excluding steroid dienone is 1. The molecule has 0 fully saturated rings. The molecule has 0 unspecified atom stereocenters. The Hall–Kier alpha value is -1.90. The Labute approximate surface area is 209 Å². The first-order chi connectivity index (χ1) is 15.3. The lowest BCUT2D eigenvalue weighted by atomic mass is 10.2. The maximum Gasteiger partial charge on any atom is 0.234 e. The smallest absolute Gasteiger partial charge is 0.234 e. The molecule has 168 valence electrons. The Morgan fingerprint density at radius 3 is 2.62 bits per heavy atom. The second-order valence-electron chi connectivity index (χ2n) is 6.60. The van der Waals surface area contributed by atoms with Crippen LogP contribution >= 0.6 is 58.2 Å². The number of carbonyl (C=O) groups excluding carboxylic acids is 1. The molecule has 11 heteroatoms. The number of anilines is 1. The minimum atomic E-state index is -0.284. The van der Waals surface area contributed by atoms with E-state index in [0.717, 1.165) is 5.56 Å². The number of halogens is 4. The van der Waals surface area contributed by atoms with Gasteiger partial charge >= 0.3 is 0 Å². The molecule has 0 saturated heterocycles. The molecule has 1 heterocycles. The summed E-state index contributed by atoms with van der Waals surface area (Å²) in [7, 11) is 0. The number of aryl methyl sites for hydroxylation is 1. The average Bonchev–Trinajstić information content (AvgIpc) is 3.13. The lowest BCUT2D eigenvalue weighted by Crippen LogP contribution is -2.15. The van der Waals surface area contributed by atoms with E-state index in [1.807, 2.05) is 23.6 Å². The van der Waals surface area contributed by atoms with E-state index in [-0.39, 0.29) is 18.3 Å². The molecule has 0 saturated carbocycles. The van der Waals surface area contributed by atoms with E-state index in [9.17, 15) is 4.79 Å². The van der Waals surface area contributed by atoms with Crippen LogP contribution in [0.25, 0.3) is 0 Å². The highest BCUT2D eigenvalue weighted by Crippen LogP contribution is 2.32. The number of thioether (sulfide) groups is 1. The third kappa shape index (κ3) is 6.33. The molecule has 0 spiro atoms. The first kappa shape index (κ1) is 24.7. The number of carbonyl (C=O) groups is 1. The van der Waals surface area contributed by atoms with E-state index in [1.54, 1.807) is 12.1 Å². The molecule has 3 rings (SSSR count). The summed E-state index contributed by atoms with van der Waals surface area (Å²) in [5.74, 6) is 0.939. The zero-order valence-electron chi connectivity index (χ0n) is 16.9. The number of benzene rings is 2. The minimum Gasteiger partial charge on any atom is -0.484 e. The van der Waals surface area contributed by atoms with Crippen molar-refractivity contribution in [3.8, 4) is 5.75 Å². The third-order valence-corrected chi connectivity index (χ3v) is 6.48. The van der Waals surface area contributed by atoms with Gasteiger partial charge < -0.3 is 10.1 Å². The van der Waals surface area contributed by atoms with E-state index < -0.39 is 0 Å². The summed E-state index contributed by atoms with van der Waals surface area (Å²) in [4.78, 5) is 12.4. The van der Waals surface area contributed by atoms with Crippen molar-refractivity contribution < 1.29 is 9.53 Å². The topological polar surface area (TPSA) is 69.0 Å². The fourth-order valence-electron chi connectivity index (χ4n) is 2.64. The molecule has 0 bridgehead atoms. The summed E-state index contributed by atoms with van der Waals surface area (Å²) < 4.78 is 7.65. The monoisotopic (exact) mass is 530 g/mol. The molecule has 1 aromatic heterocycles. The van der Waals surface area contributed by atoms with Crippen molar-refractivity contribution in [3.63, 3.8) is 0 Å². The molecular weight excluding hydrogens is 514 g/mol. The van der Waals surface area contributed by atoms with Gasteiger partial charge in [-0.15, -0.1) is 16.8 Å². The van der Waals surface area contributed by atoms with Crippen molar-refractivity contribution >= 4 is 69.8 Å². The van der Waals surface area contributed by atoms with Crippen LogP contribution in [0.2, 0.25) is 20.1 Å². The molecule has 2 aromatic carbocycles. The Balaban J connectivity index is 1.66. The Morgan fingerprint density at radius 2 is 1.88 bits per heavy atom. The second-order valence-corrected chi connectivity index (χ2v) is 9.17. The van der Waals surface area contributed by atoms with E-state index in [1.165, 1.54) is 23.9 Å². The van der Waals surface area contributed by atoms with Gasteiger partial charge in [0.2, 0.25) is 5.91 Å². The van der Waals surface area contributed by atoms with E-state index in [0.29, 0.717) is 49.1 Å². The van der Waals surface area contributed by atoms with Gasteiger partial charge in [-0.25, -0.2) is 0 Å². The van der Waals surface area contributed by atoms with Crippen molar-refractivity contribution in [2.45, 2.75) is 25.2 Å². The highest BCUT2D eigenvalue weighted by atomic mass is 35.5. The van der Waals surface area contributed by atoms with Crippen molar-refractivity contribution in [1.82, 2.24) is 14.8 Å². The number of amides is 1. The van der Waals surface area contributed by atoms with Gasteiger partial charge in [-0.3, -0.25) is 9.36 Å². The summed E-state index contributed by atoms with van der Waals surface area (Å²) in [5.41, 5.74) is 1.41. The highest BCUT2D eigenvalue weighted by molar-refractivity contribution is 7.99. The summed E-state index contributed by atoms with van der Waals surface area (Å²) in [6, 6.07) is 8.51. The normalized spacial score (nSPS) is 10.8. The van der Waals surface area contributed by atoms with Crippen LogP contribution in [0.4, 0.5) is 5.69 Å². The van der Waals surface area contributed by atoms with Crippen LogP contribution in [-0.4, -0.2) is 26.4 Å². The standard InChI is InChI=1S/C21H18Cl4N4O2S/c1-3-6-29-19(10-31-18-7-12(2)4-5-13(18)22)27-28-21(29)32-11-20(30)26-17-9-15(24)14(23)8-16(17)25/h3-5,7-9H,1,6,10-11H2,2H3,(H,26,30). The lowest BCUT2D eigenvalue weighted by Gasteiger charge is -2.11. The second kappa shape index (κ2) is 11.3. The van der Waals surface area contributed by atoms with Crippen LogP contribution in [0.5, 0.6) is 5.75 Å². The maximum absolute atomic E-state index is 12.4. The Bertz CT molecular complexity index is 1150. The Morgan fingerprint density at radius 1 is 1.12 bits per heavy atom. The van der Waals surface area contributed by atoms with Crippen LogP contribution < -0.4 is 10.1 Å². The van der Waals surface area contributed by atoms with Crippen molar-refractivity contribution in [1.29, 1.82) is 0 Å². The van der Waals surface area contributed by atoms with E-state index in [4.69, 9.17) is 51.1 Å². The predicted octanol–water partition coefficient (Wildman–Crippen LogP) is 6.70. The number of aromatic nitrogens is 3. The summed E-state index contributed by atoms with van der Waals surface area (Å²) in [6.45, 7) is 6.34. The van der Waals surface area contributed by atoms with Crippen molar-refractivity contribution in [2.24, 2.45) is 0 Å². The summed E-state index contributed by atoms with van der Waals surface area (Å²) >= 11 is 25.4. The van der Waals surface area contributed by atoms with Gasteiger partial charge in [-0.2, -0.15) is 0 Å². The van der Waals surface area contributed by atoms with Crippen molar-refractivity contribution in [2.75, 3.05) is 11.1 Å². The largest absolute Gasteiger partial charge is 0.484 e. The molecule has 6 nitrogen and oxygen atoms in total. The number of rotatable bonds is 9. The van der Waals surface area contributed by atoms with E-state index >= 15 is 0 Å². The van der Waals surface area contributed by atoms with Gasteiger partial charge in [0, 0.05) is 6.54 Å². The van der Waals surface area contributed by atoms with Crippen LogP contribution in [0.3, 0.4) is 0 Å². The van der Waals surface area contributed by atoms with Gasteiger partial charge in [-0.05, 0) is 36.8 Å².